The van der Waals surface area contributed by atoms with E-state index >= 15 is 0 Å². The van der Waals surface area contributed by atoms with Crippen molar-refractivity contribution in [2.24, 2.45) is 0 Å². The lowest BCUT2D eigenvalue weighted by Gasteiger charge is -2.18. The average Bonchev–Trinajstić information content (AvgIpc) is 3.00. The van der Waals surface area contributed by atoms with Gasteiger partial charge in [0.2, 0.25) is 5.91 Å². The predicted octanol–water partition coefficient (Wildman–Crippen LogP) is -0.162. The molecule has 23 heavy (non-hydrogen) atoms. The van der Waals surface area contributed by atoms with Gasteiger partial charge in [-0.05, 0) is 37.5 Å². The number of ether oxygens (including phenoxy) is 1. The maximum atomic E-state index is 12.0. The SMILES string of the molecule is Cc1ccc(NC(=O)C[C@H]([NH2+]C[C@@H]2CCCO2)C(=O)[O-])cc1Cl. The molecule has 7 heteroatoms. The molecule has 1 fully saturated rings. The molecule has 1 aromatic carbocycles. The molecule has 1 heterocycles. The van der Waals surface area contributed by atoms with Gasteiger partial charge < -0.3 is 25.3 Å². The molecule has 1 amide bonds. The van der Waals surface area contributed by atoms with Gasteiger partial charge in [-0.3, -0.25) is 4.79 Å². The molecule has 0 spiro atoms. The highest BCUT2D eigenvalue weighted by molar-refractivity contribution is 6.31. The summed E-state index contributed by atoms with van der Waals surface area (Å²) in [6.45, 7) is 3.09. The monoisotopic (exact) mass is 340 g/mol. The third kappa shape index (κ3) is 5.49. The Bertz CT molecular complexity index is 573. The molecule has 0 unspecified atom stereocenters. The normalized spacial score (nSPS) is 18.6. The van der Waals surface area contributed by atoms with Crippen LogP contribution in [0.5, 0.6) is 0 Å². The first kappa shape index (κ1) is 17.7. The Morgan fingerprint density at radius 3 is 2.91 bits per heavy atom. The zero-order valence-corrected chi connectivity index (χ0v) is 13.8. The van der Waals surface area contributed by atoms with Gasteiger partial charge in [0.1, 0.15) is 18.7 Å². The van der Waals surface area contributed by atoms with Gasteiger partial charge in [0, 0.05) is 17.3 Å². The summed E-state index contributed by atoms with van der Waals surface area (Å²) in [4.78, 5) is 23.2. The largest absolute Gasteiger partial charge is 0.544 e. The summed E-state index contributed by atoms with van der Waals surface area (Å²) in [7, 11) is 0. The van der Waals surface area contributed by atoms with Crippen LogP contribution < -0.4 is 15.7 Å². The van der Waals surface area contributed by atoms with Crippen molar-refractivity contribution in [1.29, 1.82) is 0 Å². The van der Waals surface area contributed by atoms with Crippen molar-refractivity contribution < 1.29 is 24.7 Å². The van der Waals surface area contributed by atoms with E-state index in [0.29, 0.717) is 23.9 Å². The van der Waals surface area contributed by atoms with Crippen LogP contribution in [0, 0.1) is 6.92 Å². The number of aryl methyl sites for hydroxylation is 1. The fourth-order valence-corrected chi connectivity index (χ4v) is 2.67. The number of rotatable bonds is 7. The number of nitrogens with one attached hydrogen (secondary N) is 1. The number of carbonyl (C=O) groups is 2. The molecule has 6 nitrogen and oxygen atoms in total. The molecule has 2 atom stereocenters. The standard InChI is InChI=1S/C16H21ClN2O4/c1-10-4-5-11(7-13(10)17)19-15(20)8-14(16(21)22)18-9-12-3-2-6-23-12/h4-5,7,12,14,18H,2-3,6,8-9H2,1H3,(H,19,20)(H,21,22)/t12-,14-/m0/s1. The van der Waals surface area contributed by atoms with E-state index in [-0.39, 0.29) is 18.4 Å². The second kappa shape index (κ2) is 8.29. The number of aliphatic carboxylic acids is 1. The first-order valence-corrected chi connectivity index (χ1v) is 8.05. The van der Waals surface area contributed by atoms with Crippen LogP contribution in [-0.4, -0.2) is 37.2 Å². The third-order valence-corrected chi connectivity index (χ3v) is 4.28. The number of carboxylic acids is 1. The minimum Gasteiger partial charge on any atom is -0.544 e. The van der Waals surface area contributed by atoms with E-state index in [4.69, 9.17) is 16.3 Å². The van der Waals surface area contributed by atoms with Crippen LogP contribution in [0.4, 0.5) is 5.69 Å². The maximum Gasteiger partial charge on any atom is 0.230 e. The first-order valence-electron chi connectivity index (χ1n) is 7.67. The molecule has 0 bridgehead atoms. The summed E-state index contributed by atoms with van der Waals surface area (Å²) < 4.78 is 5.45. The second-order valence-electron chi connectivity index (χ2n) is 5.75. The fourth-order valence-electron chi connectivity index (χ4n) is 2.49. The Labute approximate surface area is 140 Å². The number of benzene rings is 1. The molecule has 0 aromatic heterocycles. The maximum absolute atomic E-state index is 12.0. The zero-order chi connectivity index (χ0) is 16.8. The first-order chi connectivity index (χ1) is 11.0. The number of amides is 1. The summed E-state index contributed by atoms with van der Waals surface area (Å²) in [6, 6.07) is 4.22. The molecule has 0 saturated carbocycles. The number of anilines is 1. The van der Waals surface area contributed by atoms with Gasteiger partial charge in [-0.1, -0.05) is 17.7 Å². The highest BCUT2D eigenvalue weighted by atomic mass is 35.5. The van der Waals surface area contributed by atoms with Gasteiger partial charge in [0.15, 0.2) is 0 Å². The Morgan fingerprint density at radius 1 is 1.52 bits per heavy atom. The van der Waals surface area contributed by atoms with Crippen molar-refractivity contribution in [1.82, 2.24) is 0 Å². The summed E-state index contributed by atoms with van der Waals surface area (Å²) in [5.74, 6) is -1.64. The Balaban J connectivity index is 1.86. The van der Waals surface area contributed by atoms with E-state index in [9.17, 15) is 14.7 Å². The van der Waals surface area contributed by atoms with Gasteiger partial charge in [-0.15, -0.1) is 0 Å². The second-order valence-corrected chi connectivity index (χ2v) is 6.16. The minimum atomic E-state index is -1.25. The number of carbonyl (C=O) groups excluding carboxylic acids is 2. The van der Waals surface area contributed by atoms with Crippen LogP contribution in [0.3, 0.4) is 0 Å². The number of carboxylic acid groups (broad SMARTS) is 1. The molecule has 1 aromatic rings. The van der Waals surface area contributed by atoms with E-state index in [2.05, 4.69) is 5.32 Å². The molecule has 3 N–H and O–H groups in total. The van der Waals surface area contributed by atoms with Crippen LogP contribution in [0.25, 0.3) is 0 Å². The molecular weight excluding hydrogens is 320 g/mol. The highest BCUT2D eigenvalue weighted by Gasteiger charge is 2.23. The van der Waals surface area contributed by atoms with Crippen molar-refractivity contribution >= 4 is 29.2 Å². The van der Waals surface area contributed by atoms with E-state index in [1.807, 2.05) is 6.92 Å². The lowest BCUT2D eigenvalue weighted by Crippen LogP contribution is -2.94. The van der Waals surface area contributed by atoms with Gasteiger partial charge in [-0.2, -0.15) is 0 Å². The fraction of sp³-hybridized carbons (Fsp3) is 0.500. The Morgan fingerprint density at radius 2 is 2.30 bits per heavy atom. The number of quaternary nitrogens is 1. The van der Waals surface area contributed by atoms with Gasteiger partial charge in [0.05, 0.1) is 12.4 Å². The Kier molecular flexibility index (Phi) is 6.38. The minimum absolute atomic E-state index is 0.0517. The van der Waals surface area contributed by atoms with E-state index < -0.39 is 12.0 Å². The molecule has 0 radical (unpaired) electrons. The average molecular weight is 341 g/mol. The number of hydrogen-bond donors (Lipinski definition) is 2. The van der Waals surface area contributed by atoms with Crippen LogP contribution in [-0.2, 0) is 14.3 Å². The number of halogens is 1. The van der Waals surface area contributed by atoms with Crippen LogP contribution >= 0.6 is 11.6 Å². The number of hydrogen-bond acceptors (Lipinski definition) is 4. The molecule has 0 aliphatic carbocycles. The molecule has 1 saturated heterocycles. The van der Waals surface area contributed by atoms with E-state index in [1.54, 1.807) is 23.5 Å². The lowest BCUT2D eigenvalue weighted by molar-refractivity contribution is -0.687. The van der Waals surface area contributed by atoms with Crippen molar-refractivity contribution in [3.05, 3.63) is 28.8 Å². The van der Waals surface area contributed by atoms with Crippen LogP contribution in [0.2, 0.25) is 5.02 Å². The van der Waals surface area contributed by atoms with E-state index in [0.717, 1.165) is 18.4 Å². The topological polar surface area (TPSA) is 95.1 Å². The lowest BCUT2D eigenvalue weighted by atomic mass is 10.1. The summed E-state index contributed by atoms with van der Waals surface area (Å²) in [5, 5.41) is 16.0. The van der Waals surface area contributed by atoms with Crippen molar-refractivity contribution in [2.75, 3.05) is 18.5 Å². The van der Waals surface area contributed by atoms with Gasteiger partial charge in [0.25, 0.3) is 0 Å². The summed E-state index contributed by atoms with van der Waals surface area (Å²) in [5.41, 5.74) is 1.45. The van der Waals surface area contributed by atoms with Crippen molar-refractivity contribution in [3.8, 4) is 0 Å². The zero-order valence-electron chi connectivity index (χ0n) is 13.0. The molecule has 1 aliphatic rings. The molecular formula is C16H21ClN2O4. The highest BCUT2D eigenvalue weighted by Crippen LogP contribution is 2.20. The van der Waals surface area contributed by atoms with E-state index in [1.165, 1.54) is 0 Å². The smallest absolute Gasteiger partial charge is 0.230 e. The van der Waals surface area contributed by atoms with Gasteiger partial charge >= 0.3 is 0 Å². The quantitative estimate of drug-likeness (QED) is 0.721. The summed E-state index contributed by atoms with van der Waals surface area (Å²) >= 11 is 6.00. The molecule has 2 rings (SSSR count). The van der Waals surface area contributed by atoms with Crippen molar-refractivity contribution in [3.63, 3.8) is 0 Å². The van der Waals surface area contributed by atoms with Gasteiger partial charge in [-0.25, -0.2) is 0 Å². The molecule has 126 valence electrons. The third-order valence-electron chi connectivity index (χ3n) is 3.87. The number of nitrogens with two attached hydrogens (primary N) is 1. The molecule has 1 aliphatic heterocycles. The Hall–Kier alpha value is -1.63. The summed E-state index contributed by atoms with van der Waals surface area (Å²) in [6.07, 6.45) is 1.80. The van der Waals surface area contributed by atoms with Crippen molar-refractivity contribution in [2.45, 2.75) is 38.3 Å². The predicted molar refractivity (Wildman–Crippen MR) is 84.0 cm³/mol. The van der Waals surface area contributed by atoms with Crippen LogP contribution in [0.1, 0.15) is 24.8 Å². The van der Waals surface area contributed by atoms with Crippen LogP contribution in [0.15, 0.2) is 18.2 Å².